The number of rotatable bonds is 6. The molecule has 8 rings (SSSR count). The van der Waals surface area contributed by atoms with Gasteiger partial charge in [-0.1, -0.05) is 182 Å². The molecule has 0 atom stereocenters. The summed E-state index contributed by atoms with van der Waals surface area (Å²) in [5.74, 6) is 0.602. The molecule has 53 heavy (non-hydrogen) atoms. The number of anilines is 3. The molecule has 1 aliphatic rings. The van der Waals surface area contributed by atoms with Crippen molar-refractivity contribution in [3.63, 3.8) is 0 Å². The van der Waals surface area contributed by atoms with E-state index in [0.717, 1.165) is 5.69 Å². The van der Waals surface area contributed by atoms with Gasteiger partial charge in [-0.2, -0.15) is 0 Å². The van der Waals surface area contributed by atoms with E-state index in [-0.39, 0.29) is 10.8 Å². The second-order valence-corrected chi connectivity index (χ2v) is 17.3. The van der Waals surface area contributed by atoms with Gasteiger partial charge >= 0.3 is 0 Å². The van der Waals surface area contributed by atoms with Crippen molar-refractivity contribution in [2.45, 2.75) is 90.4 Å². The summed E-state index contributed by atoms with van der Waals surface area (Å²) in [7, 11) is 0. The third-order valence-electron chi connectivity index (χ3n) is 11.5. The molecule has 1 saturated carbocycles. The predicted molar refractivity (Wildman–Crippen MR) is 230 cm³/mol. The minimum atomic E-state index is 0.0139. The number of hydrogen-bond acceptors (Lipinski definition) is 1. The van der Waals surface area contributed by atoms with E-state index in [4.69, 9.17) is 0 Å². The molecule has 7 aromatic carbocycles. The van der Waals surface area contributed by atoms with Gasteiger partial charge in [0, 0.05) is 16.8 Å². The summed E-state index contributed by atoms with van der Waals surface area (Å²) < 4.78 is 0. The van der Waals surface area contributed by atoms with Crippen molar-refractivity contribution in [3.8, 4) is 22.3 Å². The molecular formula is C52H53N. The predicted octanol–water partition coefficient (Wildman–Crippen LogP) is 15.4. The number of para-hydroxylation sites is 2. The Bertz CT molecular complexity index is 2370. The van der Waals surface area contributed by atoms with Gasteiger partial charge in [-0.3, -0.25) is 0 Å². The molecule has 266 valence electrons. The minimum Gasteiger partial charge on any atom is -0.309 e. The van der Waals surface area contributed by atoms with Gasteiger partial charge in [-0.15, -0.1) is 0 Å². The van der Waals surface area contributed by atoms with Gasteiger partial charge in [-0.05, 0) is 103 Å². The third kappa shape index (κ3) is 6.91. The topological polar surface area (TPSA) is 3.24 Å². The second-order valence-electron chi connectivity index (χ2n) is 17.3. The number of hydrogen-bond donors (Lipinski definition) is 0. The Morgan fingerprint density at radius 1 is 0.453 bits per heavy atom. The maximum Gasteiger partial charge on any atom is 0.0540 e. The first kappa shape index (κ1) is 34.9. The highest BCUT2D eigenvalue weighted by atomic mass is 15.1. The van der Waals surface area contributed by atoms with Crippen LogP contribution >= 0.6 is 0 Å². The molecule has 0 aliphatic heterocycles. The molecule has 0 heterocycles. The monoisotopic (exact) mass is 691 g/mol. The molecule has 0 spiro atoms. The van der Waals surface area contributed by atoms with Gasteiger partial charge in [0.05, 0.1) is 11.4 Å². The minimum absolute atomic E-state index is 0.0139. The van der Waals surface area contributed by atoms with Crippen molar-refractivity contribution in [1.29, 1.82) is 0 Å². The molecule has 0 radical (unpaired) electrons. The Hall–Kier alpha value is -5.14. The molecule has 0 N–H and O–H groups in total. The van der Waals surface area contributed by atoms with Crippen LogP contribution in [0.4, 0.5) is 17.1 Å². The first-order chi connectivity index (χ1) is 25.6. The van der Waals surface area contributed by atoms with Crippen LogP contribution in [0.5, 0.6) is 0 Å². The standard InChI is InChI=1S/C52H53N/c1-51(2,3)41-32-40(33-42(35-41)52(4,5)6)44-24-12-14-28-48(44)53(43-31-30-36-18-10-11-21-39(36)34-43)49-29-15-13-25-46(49)47-27-17-23-38-22-16-26-45(50(38)47)37-19-8-7-9-20-37/h10-18,21-35,37H,7-9,19-20H2,1-6H3. The van der Waals surface area contributed by atoms with E-state index < -0.39 is 0 Å². The van der Waals surface area contributed by atoms with Crippen LogP contribution in [0, 0.1) is 0 Å². The molecule has 1 heteroatoms. The van der Waals surface area contributed by atoms with Crippen molar-refractivity contribution in [2.75, 3.05) is 4.90 Å². The van der Waals surface area contributed by atoms with E-state index in [2.05, 4.69) is 192 Å². The van der Waals surface area contributed by atoms with E-state index in [1.807, 2.05) is 0 Å². The lowest BCUT2D eigenvalue weighted by Crippen LogP contribution is -2.17. The Balaban J connectivity index is 1.40. The van der Waals surface area contributed by atoms with Crippen molar-refractivity contribution in [3.05, 3.63) is 162 Å². The maximum atomic E-state index is 2.53. The zero-order valence-electron chi connectivity index (χ0n) is 32.4. The summed E-state index contributed by atoms with van der Waals surface area (Å²) in [5, 5.41) is 5.22. The van der Waals surface area contributed by atoms with Gasteiger partial charge in [0.25, 0.3) is 0 Å². The Morgan fingerprint density at radius 3 is 1.68 bits per heavy atom. The summed E-state index contributed by atoms with van der Waals surface area (Å²) in [5.41, 5.74) is 12.8. The number of fused-ring (bicyclic) bond motifs is 2. The highest BCUT2D eigenvalue weighted by Crippen LogP contribution is 2.48. The van der Waals surface area contributed by atoms with Gasteiger partial charge in [0.15, 0.2) is 0 Å². The highest BCUT2D eigenvalue weighted by molar-refractivity contribution is 6.04. The number of nitrogens with zero attached hydrogens (tertiary/aromatic N) is 1. The quantitative estimate of drug-likeness (QED) is 0.168. The zero-order chi connectivity index (χ0) is 36.7. The van der Waals surface area contributed by atoms with Crippen molar-refractivity contribution < 1.29 is 0 Å². The second kappa shape index (κ2) is 14.0. The van der Waals surface area contributed by atoms with E-state index in [1.165, 1.54) is 104 Å². The average Bonchev–Trinajstić information content (AvgIpc) is 3.17. The third-order valence-corrected chi connectivity index (χ3v) is 11.5. The van der Waals surface area contributed by atoms with Gasteiger partial charge in [0.2, 0.25) is 0 Å². The molecule has 7 aromatic rings. The van der Waals surface area contributed by atoms with Crippen LogP contribution < -0.4 is 4.90 Å². The maximum absolute atomic E-state index is 2.53. The van der Waals surface area contributed by atoms with Gasteiger partial charge in [-0.25, -0.2) is 0 Å². The van der Waals surface area contributed by atoms with Crippen LogP contribution in [0.3, 0.4) is 0 Å². The Labute approximate surface area is 317 Å². The molecular weight excluding hydrogens is 639 g/mol. The Kier molecular flexibility index (Phi) is 9.23. The van der Waals surface area contributed by atoms with Gasteiger partial charge < -0.3 is 4.90 Å². The fourth-order valence-electron chi connectivity index (χ4n) is 8.53. The van der Waals surface area contributed by atoms with E-state index in [9.17, 15) is 0 Å². The highest BCUT2D eigenvalue weighted by Gasteiger charge is 2.26. The number of benzene rings is 7. The molecule has 0 unspecified atom stereocenters. The van der Waals surface area contributed by atoms with Crippen molar-refractivity contribution in [1.82, 2.24) is 0 Å². The lowest BCUT2D eigenvalue weighted by Gasteiger charge is -2.32. The molecule has 1 nitrogen and oxygen atoms in total. The lowest BCUT2D eigenvalue weighted by atomic mass is 9.78. The molecule has 0 bridgehead atoms. The van der Waals surface area contributed by atoms with E-state index in [0.29, 0.717) is 5.92 Å². The van der Waals surface area contributed by atoms with Crippen molar-refractivity contribution in [2.24, 2.45) is 0 Å². The largest absolute Gasteiger partial charge is 0.309 e. The fourth-order valence-corrected chi connectivity index (χ4v) is 8.53. The first-order valence-corrected chi connectivity index (χ1v) is 19.7. The zero-order valence-corrected chi connectivity index (χ0v) is 32.4. The Morgan fingerprint density at radius 2 is 1.00 bits per heavy atom. The van der Waals surface area contributed by atoms with Crippen LogP contribution in [0.25, 0.3) is 43.8 Å². The van der Waals surface area contributed by atoms with Gasteiger partial charge in [0.1, 0.15) is 0 Å². The van der Waals surface area contributed by atoms with E-state index >= 15 is 0 Å². The molecule has 0 saturated heterocycles. The summed E-state index contributed by atoms with van der Waals surface area (Å²) in [6.45, 7) is 14.0. The smallest absolute Gasteiger partial charge is 0.0540 e. The van der Waals surface area contributed by atoms with E-state index in [1.54, 1.807) is 0 Å². The molecule has 0 aromatic heterocycles. The van der Waals surface area contributed by atoms with Crippen LogP contribution in [-0.2, 0) is 10.8 Å². The van der Waals surface area contributed by atoms with Crippen LogP contribution in [0.1, 0.15) is 96.3 Å². The van der Waals surface area contributed by atoms with Crippen LogP contribution in [0.2, 0.25) is 0 Å². The van der Waals surface area contributed by atoms with Crippen molar-refractivity contribution >= 4 is 38.6 Å². The summed E-state index contributed by atoms with van der Waals surface area (Å²) in [6.07, 6.45) is 6.54. The average molecular weight is 692 g/mol. The summed E-state index contributed by atoms with van der Waals surface area (Å²) in [6, 6.07) is 55.0. The lowest BCUT2D eigenvalue weighted by molar-refractivity contribution is 0.445. The summed E-state index contributed by atoms with van der Waals surface area (Å²) >= 11 is 0. The first-order valence-electron chi connectivity index (χ1n) is 19.7. The molecule has 0 amide bonds. The summed E-state index contributed by atoms with van der Waals surface area (Å²) in [4.78, 5) is 2.53. The van der Waals surface area contributed by atoms with Crippen LogP contribution in [0.15, 0.2) is 146 Å². The fraction of sp³-hybridized carbons (Fsp3) is 0.269. The molecule has 1 fully saturated rings. The van der Waals surface area contributed by atoms with Crippen LogP contribution in [-0.4, -0.2) is 0 Å². The SMILES string of the molecule is CC(C)(C)c1cc(-c2ccccc2N(c2ccc3ccccc3c2)c2ccccc2-c2cccc3cccc(C4CCCCC4)c23)cc(C(C)(C)C)c1. The molecule has 1 aliphatic carbocycles. The normalized spacial score (nSPS) is 14.2.